The molecule has 27 heavy (non-hydrogen) atoms. The number of aromatic nitrogens is 1. The van der Waals surface area contributed by atoms with Crippen LogP contribution in [0.4, 0.5) is 5.69 Å². The number of fused-ring (bicyclic) bond motifs is 1. The summed E-state index contributed by atoms with van der Waals surface area (Å²) in [5.74, 6) is -0.102. The molecule has 6 heteroatoms. The maximum atomic E-state index is 12.3. The molecule has 0 unspecified atom stereocenters. The molecule has 1 heterocycles. The van der Waals surface area contributed by atoms with Gasteiger partial charge in [-0.1, -0.05) is 35.5 Å². The van der Waals surface area contributed by atoms with Crippen molar-refractivity contribution in [2.24, 2.45) is 0 Å². The molecule has 1 aromatic heterocycles. The van der Waals surface area contributed by atoms with E-state index in [4.69, 9.17) is 9.26 Å². The standard InChI is InChI=1S/C21H22N2O4/c1-13-19(14(2)27-23-13)10-11-20(24)26-15(3)21(25)22-18-9-8-16-6-4-5-7-17(16)12-18/h4-9,12,15H,10-11H2,1-3H3,(H,22,25)/t15-/m1/s1. The van der Waals surface area contributed by atoms with E-state index in [9.17, 15) is 9.59 Å². The Morgan fingerprint density at radius 3 is 2.59 bits per heavy atom. The molecule has 1 atom stereocenters. The monoisotopic (exact) mass is 366 g/mol. The highest BCUT2D eigenvalue weighted by molar-refractivity contribution is 5.97. The van der Waals surface area contributed by atoms with Gasteiger partial charge in [0.05, 0.1) is 5.69 Å². The average Bonchev–Trinajstić information content (AvgIpc) is 2.97. The van der Waals surface area contributed by atoms with Gasteiger partial charge in [0.15, 0.2) is 6.10 Å². The van der Waals surface area contributed by atoms with Crippen LogP contribution in [0.2, 0.25) is 0 Å². The van der Waals surface area contributed by atoms with Crippen LogP contribution in [0.25, 0.3) is 10.8 Å². The van der Waals surface area contributed by atoms with Gasteiger partial charge in [-0.15, -0.1) is 0 Å². The molecule has 0 spiro atoms. The smallest absolute Gasteiger partial charge is 0.306 e. The zero-order valence-electron chi connectivity index (χ0n) is 15.6. The zero-order valence-corrected chi connectivity index (χ0v) is 15.6. The van der Waals surface area contributed by atoms with Gasteiger partial charge in [0.2, 0.25) is 0 Å². The lowest BCUT2D eigenvalue weighted by Crippen LogP contribution is -2.30. The Morgan fingerprint density at radius 2 is 1.89 bits per heavy atom. The fraction of sp³-hybridized carbons (Fsp3) is 0.286. The summed E-state index contributed by atoms with van der Waals surface area (Å²) in [5.41, 5.74) is 2.33. The Balaban J connectivity index is 1.54. The predicted molar refractivity (Wildman–Crippen MR) is 102 cm³/mol. The third kappa shape index (κ3) is 4.53. The average molecular weight is 366 g/mol. The van der Waals surface area contributed by atoms with Crippen molar-refractivity contribution in [3.63, 3.8) is 0 Å². The van der Waals surface area contributed by atoms with E-state index in [1.165, 1.54) is 0 Å². The van der Waals surface area contributed by atoms with Crippen LogP contribution in [0.5, 0.6) is 0 Å². The molecule has 6 nitrogen and oxygen atoms in total. The Hall–Kier alpha value is -3.15. The van der Waals surface area contributed by atoms with Gasteiger partial charge in [-0.25, -0.2) is 0 Å². The van der Waals surface area contributed by atoms with Crippen molar-refractivity contribution in [3.8, 4) is 0 Å². The number of amides is 1. The highest BCUT2D eigenvalue weighted by atomic mass is 16.5. The zero-order chi connectivity index (χ0) is 19.4. The summed E-state index contributed by atoms with van der Waals surface area (Å²) in [7, 11) is 0. The van der Waals surface area contributed by atoms with Gasteiger partial charge < -0.3 is 14.6 Å². The van der Waals surface area contributed by atoms with Crippen LogP contribution in [0.3, 0.4) is 0 Å². The van der Waals surface area contributed by atoms with Crippen molar-refractivity contribution in [2.75, 3.05) is 5.32 Å². The van der Waals surface area contributed by atoms with Crippen LogP contribution in [0.1, 0.15) is 30.4 Å². The first-order valence-electron chi connectivity index (χ1n) is 8.85. The summed E-state index contributed by atoms with van der Waals surface area (Å²) >= 11 is 0. The summed E-state index contributed by atoms with van der Waals surface area (Å²) in [6.07, 6.45) is -0.246. The Bertz CT molecular complexity index is 958. The van der Waals surface area contributed by atoms with Gasteiger partial charge in [-0.05, 0) is 50.1 Å². The van der Waals surface area contributed by atoms with Gasteiger partial charge in [0.25, 0.3) is 5.91 Å². The molecule has 0 saturated heterocycles. The molecular weight excluding hydrogens is 344 g/mol. The van der Waals surface area contributed by atoms with Crippen LogP contribution in [0, 0.1) is 13.8 Å². The Morgan fingerprint density at radius 1 is 1.15 bits per heavy atom. The van der Waals surface area contributed by atoms with Crippen LogP contribution in [0.15, 0.2) is 47.0 Å². The van der Waals surface area contributed by atoms with Crippen molar-refractivity contribution in [2.45, 2.75) is 39.7 Å². The minimum absolute atomic E-state index is 0.163. The van der Waals surface area contributed by atoms with Crippen molar-refractivity contribution in [1.82, 2.24) is 5.16 Å². The van der Waals surface area contributed by atoms with E-state index in [1.54, 1.807) is 13.8 Å². The molecule has 3 aromatic rings. The number of anilines is 1. The lowest BCUT2D eigenvalue weighted by atomic mass is 10.1. The molecule has 140 valence electrons. The molecule has 2 aromatic carbocycles. The van der Waals surface area contributed by atoms with Crippen molar-refractivity contribution in [3.05, 3.63) is 59.5 Å². The second-order valence-corrected chi connectivity index (χ2v) is 6.49. The first-order valence-corrected chi connectivity index (χ1v) is 8.85. The van der Waals surface area contributed by atoms with Gasteiger partial charge in [-0.3, -0.25) is 9.59 Å². The predicted octanol–water partition coefficient (Wildman–Crippen LogP) is 3.95. The van der Waals surface area contributed by atoms with E-state index >= 15 is 0 Å². The van der Waals surface area contributed by atoms with E-state index in [-0.39, 0.29) is 12.3 Å². The third-order valence-corrected chi connectivity index (χ3v) is 4.45. The molecule has 1 N–H and O–H groups in total. The lowest BCUT2D eigenvalue weighted by Gasteiger charge is -2.14. The van der Waals surface area contributed by atoms with Crippen molar-refractivity contribution in [1.29, 1.82) is 0 Å². The van der Waals surface area contributed by atoms with Gasteiger partial charge >= 0.3 is 5.97 Å². The molecule has 0 aliphatic heterocycles. The quantitative estimate of drug-likeness (QED) is 0.668. The largest absolute Gasteiger partial charge is 0.453 e. The molecule has 3 rings (SSSR count). The molecule has 0 aliphatic carbocycles. The molecule has 0 fully saturated rings. The number of carbonyl (C=O) groups excluding carboxylic acids is 2. The molecule has 1 amide bonds. The minimum Gasteiger partial charge on any atom is -0.453 e. The number of hydrogen-bond donors (Lipinski definition) is 1. The molecule has 0 radical (unpaired) electrons. The topological polar surface area (TPSA) is 81.4 Å². The van der Waals surface area contributed by atoms with Gasteiger partial charge in [0.1, 0.15) is 5.76 Å². The van der Waals surface area contributed by atoms with Crippen LogP contribution < -0.4 is 5.32 Å². The second kappa shape index (κ2) is 8.03. The number of nitrogens with one attached hydrogen (secondary N) is 1. The number of carbonyl (C=O) groups is 2. The second-order valence-electron chi connectivity index (χ2n) is 6.49. The highest BCUT2D eigenvalue weighted by Gasteiger charge is 2.19. The molecule has 0 bridgehead atoms. The van der Waals surface area contributed by atoms with Crippen molar-refractivity contribution < 1.29 is 18.8 Å². The first-order chi connectivity index (χ1) is 12.9. The maximum absolute atomic E-state index is 12.3. The Kier molecular flexibility index (Phi) is 5.54. The minimum atomic E-state index is -0.881. The molecule has 0 saturated carbocycles. The summed E-state index contributed by atoms with van der Waals surface area (Å²) in [4.78, 5) is 24.4. The summed E-state index contributed by atoms with van der Waals surface area (Å²) in [5, 5.41) is 8.77. The van der Waals surface area contributed by atoms with E-state index in [0.717, 1.165) is 22.0 Å². The fourth-order valence-corrected chi connectivity index (χ4v) is 2.91. The van der Waals surface area contributed by atoms with E-state index in [1.807, 2.05) is 49.4 Å². The SMILES string of the molecule is Cc1noc(C)c1CCC(=O)O[C@H](C)C(=O)Nc1ccc2ccccc2c1. The summed E-state index contributed by atoms with van der Waals surface area (Å²) < 4.78 is 10.3. The van der Waals surface area contributed by atoms with Crippen LogP contribution >= 0.6 is 0 Å². The van der Waals surface area contributed by atoms with Crippen molar-refractivity contribution >= 4 is 28.3 Å². The van der Waals surface area contributed by atoms with Crippen LogP contribution in [-0.2, 0) is 20.7 Å². The molecular formula is C21H22N2O4. The summed E-state index contributed by atoms with van der Waals surface area (Å²) in [6, 6.07) is 13.5. The van der Waals surface area contributed by atoms with Gasteiger partial charge in [0, 0.05) is 17.7 Å². The third-order valence-electron chi connectivity index (χ3n) is 4.45. The Labute approximate surface area is 157 Å². The summed E-state index contributed by atoms with van der Waals surface area (Å²) in [6.45, 7) is 5.20. The number of nitrogens with zero attached hydrogens (tertiary/aromatic N) is 1. The highest BCUT2D eigenvalue weighted by Crippen LogP contribution is 2.19. The number of ether oxygens (including phenoxy) is 1. The first kappa shape index (κ1) is 18.6. The fourth-order valence-electron chi connectivity index (χ4n) is 2.91. The number of esters is 1. The van der Waals surface area contributed by atoms with Crippen LogP contribution in [-0.4, -0.2) is 23.1 Å². The number of aryl methyl sites for hydroxylation is 2. The lowest BCUT2D eigenvalue weighted by molar-refractivity contribution is -0.153. The van der Waals surface area contributed by atoms with E-state index < -0.39 is 12.1 Å². The van der Waals surface area contributed by atoms with Gasteiger partial charge in [-0.2, -0.15) is 0 Å². The maximum Gasteiger partial charge on any atom is 0.306 e. The number of hydrogen-bond acceptors (Lipinski definition) is 5. The number of benzene rings is 2. The normalized spacial score (nSPS) is 12.0. The van der Waals surface area contributed by atoms with E-state index in [2.05, 4.69) is 10.5 Å². The number of rotatable bonds is 6. The molecule has 0 aliphatic rings. The van der Waals surface area contributed by atoms with E-state index in [0.29, 0.717) is 17.9 Å².